The first kappa shape index (κ1) is 13.4. The molecule has 102 valence electrons. The molecule has 0 fully saturated rings. The van der Waals surface area contributed by atoms with E-state index in [1.165, 1.54) is 18.0 Å². The quantitative estimate of drug-likeness (QED) is 0.589. The van der Waals surface area contributed by atoms with E-state index in [1.54, 1.807) is 19.2 Å². The van der Waals surface area contributed by atoms with Crippen molar-refractivity contribution in [3.8, 4) is 5.75 Å². The van der Waals surface area contributed by atoms with Crippen LogP contribution in [0.1, 0.15) is 17.4 Å². The van der Waals surface area contributed by atoms with E-state index in [-0.39, 0.29) is 11.8 Å². The summed E-state index contributed by atoms with van der Waals surface area (Å²) in [6.45, 7) is 0. The molecule has 7 nitrogen and oxygen atoms in total. The van der Waals surface area contributed by atoms with Crippen LogP contribution in [0.4, 0.5) is 4.39 Å². The van der Waals surface area contributed by atoms with Crippen LogP contribution in [-0.4, -0.2) is 27.3 Å². The molecule has 0 aliphatic rings. The molecule has 0 saturated carbocycles. The van der Waals surface area contributed by atoms with E-state index in [4.69, 9.17) is 10.6 Å². The van der Waals surface area contributed by atoms with Gasteiger partial charge in [0.1, 0.15) is 0 Å². The summed E-state index contributed by atoms with van der Waals surface area (Å²) in [5.74, 6) is 5.78. The van der Waals surface area contributed by atoms with Gasteiger partial charge in [0.15, 0.2) is 17.4 Å². The van der Waals surface area contributed by atoms with Crippen molar-refractivity contribution in [1.82, 2.24) is 25.6 Å². The fourth-order valence-electron chi connectivity index (χ4n) is 1.76. The van der Waals surface area contributed by atoms with Crippen molar-refractivity contribution in [3.05, 3.63) is 35.4 Å². The minimum Gasteiger partial charge on any atom is -0.494 e. The number of halogens is 1. The van der Waals surface area contributed by atoms with E-state index in [0.29, 0.717) is 17.8 Å². The summed E-state index contributed by atoms with van der Waals surface area (Å²) >= 11 is 0. The van der Waals surface area contributed by atoms with Gasteiger partial charge in [-0.05, 0) is 22.9 Å². The standard InChI is InChI=1S/C11H15FN6O/c1-18-16-11(15-17-18)6-9(14-13)7-3-4-10(19-2)8(12)5-7/h3-5,9,14H,6,13H2,1-2H3. The van der Waals surface area contributed by atoms with Gasteiger partial charge in [-0.15, -0.1) is 10.2 Å². The molecule has 0 aliphatic heterocycles. The Bertz CT molecular complexity index is 558. The molecule has 2 rings (SSSR count). The lowest BCUT2D eigenvalue weighted by molar-refractivity contribution is 0.385. The summed E-state index contributed by atoms with van der Waals surface area (Å²) in [6, 6.07) is 4.37. The van der Waals surface area contributed by atoms with Crippen molar-refractivity contribution in [2.75, 3.05) is 7.11 Å². The smallest absolute Gasteiger partial charge is 0.176 e. The Hall–Kier alpha value is -2.06. The van der Waals surface area contributed by atoms with Gasteiger partial charge in [-0.3, -0.25) is 11.3 Å². The summed E-state index contributed by atoms with van der Waals surface area (Å²) in [5.41, 5.74) is 3.30. The van der Waals surface area contributed by atoms with Crippen LogP contribution in [-0.2, 0) is 13.5 Å². The number of hydrazine groups is 1. The van der Waals surface area contributed by atoms with Crippen molar-refractivity contribution in [2.24, 2.45) is 12.9 Å². The summed E-state index contributed by atoms with van der Waals surface area (Å²) in [4.78, 5) is 1.36. The predicted molar refractivity (Wildman–Crippen MR) is 65.5 cm³/mol. The minimum absolute atomic E-state index is 0.192. The SMILES string of the molecule is COc1ccc(C(Cc2nnn(C)n2)NN)cc1F. The Balaban J connectivity index is 2.19. The van der Waals surface area contributed by atoms with E-state index in [0.717, 1.165) is 0 Å². The maximum absolute atomic E-state index is 13.6. The molecular formula is C11H15FN6O. The van der Waals surface area contributed by atoms with Crippen molar-refractivity contribution in [2.45, 2.75) is 12.5 Å². The first-order valence-electron chi connectivity index (χ1n) is 5.66. The Kier molecular flexibility index (Phi) is 4.03. The zero-order chi connectivity index (χ0) is 13.8. The highest BCUT2D eigenvalue weighted by molar-refractivity contribution is 5.31. The molecule has 0 radical (unpaired) electrons. The predicted octanol–water partition coefficient (Wildman–Crippen LogP) is 0.105. The third kappa shape index (κ3) is 3.04. The fraction of sp³-hybridized carbons (Fsp3) is 0.364. The number of aromatic nitrogens is 4. The number of ether oxygens (including phenoxy) is 1. The topological polar surface area (TPSA) is 90.9 Å². The van der Waals surface area contributed by atoms with Gasteiger partial charge < -0.3 is 4.74 Å². The maximum atomic E-state index is 13.6. The average molecular weight is 266 g/mol. The Morgan fingerprint density at radius 1 is 1.53 bits per heavy atom. The van der Waals surface area contributed by atoms with E-state index < -0.39 is 5.82 Å². The van der Waals surface area contributed by atoms with E-state index in [9.17, 15) is 4.39 Å². The van der Waals surface area contributed by atoms with E-state index >= 15 is 0 Å². The summed E-state index contributed by atoms with van der Waals surface area (Å²) in [7, 11) is 3.09. The fourth-order valence-corrected chi connectivity index (χ4v) is 1.76. The van der Waals surface area contributed by atoms with Crippen LogP contribution in [0.2, 0.25) is 0 Å². The van der Waals surface area contributed by atoms with Crippen molar-refractivity contribution in [1.29, 1.82) is 0 Å². The number of hydrogen-bond donors (Lipinski definition) is 2. The molecule has 1 unspecified atom stereocenters. The van der Waals surface area contributed by atoms with Crippen LogP contribution >= 0.6 is 0 Å². The number of tetrazole rings is 1. The van der Waals surface area contributed by atoms with Gasteiger partial charge in [0.05, 0.1) is 20.2 Å². The summed E-state index contributed by atoms with van der Waals surface area (Å²) in [5, 5.41) is 11.7. The first-order valence-corrected chi connectivity index (χ1v) is 5.66. The van der Waals surface area contributed by atoms with Gasteiger partial charge in [0.25, 0.3) is 0 Å². The van der Waals surface area contributed by atoms with Crippen LogP contribution in [0.15, 0.2) is 18.2 Å². The Morgan fingerprint density at radius 3 is 2.84 bits per heavy atom. The number of nitrogens with one attached hydrogen (secondary N) is 1. The van der Waals surface area contributed by atoms with Gasteiger partial charge in [0.2, 0.25) is 0 Å². The number of nitrogens with zero attached hydrogens (tertiary/aromatic N) is 4. The third-order valence-electron chi connectivity index (χ3n) is 2.72. The maximum Gasteiger partial charge on any atom is 0.176 e. The molecule has 1 heterocycles. The van der Waals surface area contributed by atoms with E-state index in [1.807, 2.05) is 0 Å². The third-order valence-corrected chi connectivity index (χ3v) is 2.72. The highest BCUT2D eigenvalue weighted by Gasteiger charge is 2.15. The van der Waals surface area contributed by atoms with Gasteiger partial charge in [-0.25, -0.2) is 4.39 Å². The lowest BCUT2D eigenvalue weighted by Gasteiger charge is -2.15. The van der Waals surface area contributed by atoms with Crippen molar-refractivity contribution in [3.63, 3.8) is 0 Å². The second-order valence-electron chi connectivity index (χ2n) is 4.01. The number of nitrogens with two attached hydrogens (primary N) is 1. The highest BCUT2D eigenvalue weighted by atomic mass is 19.1. The molecule has 0 spiro atoms. The molecular weight excluding hydrogens is 251 g/mol. The minimum atomic E-state index is -0.438. The molecule has 1 aromatic heterocycles. The average Bonchev–Trinajstić information content (AvgIpc) is 2.81. The second-order valence-corrected chi connectivity index (χ2v) is 4.01. The van der Waals surface area contributed by atoms with Gasteiger partial charge in [0, 0.05) is 6.42 Å². The van der Waals surface area contributed by atoms with Crippen molar-refractivity contribution >= 4 is 0 Å². The van der Waals surface area contributed by atoms with Gasteiger partial charge >= 0.3 is 0 Å². The van der Waals surface area contributed by atoms with Crippen LogP contribution in [0, 0.1) is 5.82 Å². The molecule has 0 amide bonds. The molecule has 1 aromatic carbocycles. The number of hydrogen-bond acceptors (Lipinski definition) is 6. The lowest BCUT2D eigenvalue weighted by Crippen LogP contribution is -2.30. The molecule has 0 bridgehead atoms. The number of rotatable bonds is 5. The number of methoxy groups -OCH3 is 1. The van der Waals surface area contributed by atoms with E-state index in [2.05, 4.69) is 20.8 Å². The van der Waals surface area contributed by atoms with Gasteiger partial charge in [-0.2, -0.15) is 4.80 Å². The second kappa shape index (κ2) is 5.72. The van der Waals surface area contributed by atoms with Crippen molar-refractivity contribution < 1.29 is 9.13 Å². The van der Waals surface area contributed by atoms with Crippen LogP contribution in [0.25, 0.3) is 0 Å². The molecule has 8 heteroatoms. The highest BCUT2D eigenvalue weighted by Crippen LogP contribution is 2.23. The molecule has 1 atom stereocenters. The van der Waals surface area contributed by atoms with Crippen LogP contribution in [0.3, 0.4) is 0 Å². The number of benzene rings is 1. The Labute approximate surface area is 109 Å². The lowest BCUT2D eigenvalue weighted by atomic mass is 10.0. The number of aryl methyl sites for hydroxylation is 1. The monoisotopic (exact) mass is 266 g/mol. The summed E-state index contributed by atoms with van der Waals surface area (Å²) < 4.78 is 18.5. The zero-order valence-electron chi connectivity index (χ0n) is 10.7. The molecule has 19 heavy (non-hydrogen) atoms. The molecule has 2 aromatic rings. The molecule has 3 N–H and O–H groups in total. The largest absolute Gasteiger partial charge is 0.494 e. The zero-order valence-corrected chi connectivity index (χ0v) is 10.7. The molecule has 0 saturated heterocycles. The Morgan fingerprint density at radius 2 is 2.32 bits per heavy atom. The van der Waals surface area contributed by atoms with Gasteiger partial charge in [-0.1, -0.05) is 6.07 Å². The van der Waals surface area contributed by atoms with Crippen LogP contribution in [0.5, 0.6) is 5.75 Å². The first-order chi connectivity index (χ1) is 9.13. The summed E-state index contributed by atoms with van der Waals surface area (Å²) in [6.07, 6.45) is 0.413. The molecule has 0 aliphatic carbocycles. The normalized spacial score (nSPS) is 12.4. The van der Waals surface area contributed by atoms with Crippen LogP contribution < -0.4 is 16.0 Å².